The van der Waals surface area contributed by atoms with Gasteiger partial charge >= 0.3 is 26.2 Å². The minimum absolute atomic E-state index is 0. The summed E-state index contributed by atoms with van der Waals surface area (Å²) in [5, 5.41) is 0. The summed E-state index contributed by atoms with van der Waals surface area (Å²) >= 11 is 0. The first-order valence-corrected chi connectivity index (χ1v) is 15.4. The van der Waals surface area contributed by atoms with E-state index in [-0.39, 0.29) is 33.6 Å². The van der Waals surface area contributed by atoms with Gasteiger partial charge in [-0.3, -0.25) is 0 Å². The molecule has 0 amide bonds. The number of benzene rings is 4. The molecule has 0 spiro atoms. The first kappa shape index (κ1) is 30.4. The van der Waals surface area contributed by atoms with E-state index in [2.05, 4.69) is 129 Å². The maximum atomic E-state index is 2.57. The van der Waals surface area contributed by atoms with E-state index in [1.54, 1.807) is 0 Å². The number of fused-ring (bicyclic) bond motifs is 2. The van der Waals surface area contributed by atoms with Crippen molar-refractivity contribution in [2.45, 2.75) is 50.6 Å². The topological polar surface area (TPSA) is 0 Å². The number of allylic oxidation sites excluding steroid dienone is 2. The average molecular weight is 614 g/mol. The van der Waals surface area contributed by atoms with Crippen LogP contribution in [0.2, 0.25) is 12.1 Å². The van der Waals surface area contributed by atoms with Crippen LogP contribution >= 0.6 is 0 Å². The molecule has 2 unspecified atom stereocenters. The van der Waals surface area contributed by atoms with Crippen LogP contribution in [0.15, 0.2) is 108 Å². The molecule has 0 N–H and O–H groups in total. The Bertz CT molecular complexity index is 1360. The monoisotopic (exact) mass is 612 g/mol. The SMILES string of the molecule is C1CC[Si]C1.CC1=Cc2c(-c3ccccc3)cccc2C1[CH-]C1C(C)=Cc2c(-c3ccccc3)cccc21.[CH3-].[Zr+2]. The summed E-state index contributed by atoms with van der Waals surface area (Å²) < 4.78 is 0. The van der Waals surface area contributed by atoms with Gasteiger partial charge in [-0.05, 0) is 47.2 Å². The fourth-order valence-corrected chi connectivity index (χ4v) is 7.47. The zero-order valence-electron chi connectivity index (χ0n) is 24.0. The van der Waals surface area contributed by atoms with E-state index in [9.17, 15) is 0 Å². The van der Waals surface area contributed by atoms with Crippen molar-refractivity contribution in [1.29, 1.82) is 0 Å². The molecule has 1 aliphatic heterocycles. The average Bonchev–Trinajstić information content (AvgIpc) is 3.71. The van der Waals surface area contributed by atoms with E-state index in [1.807, 2.05) is 0 Å². The summed E-state index contributed by atoms with van der Waals surface area (Å²) in [5.74, 6) is 0.673. The van der Waals surface area contributed by atoms with E-state index in [1.165, 1.54) is 90.1 Å². The van der Waals surface area contributed by atoms with E-state index in [0.29, 0.717) is 11.8 Å². The molecular formula is C38H38SiZr. The largest absolute Gasteiger partial charge is 2.00 e. The van der Waals surface area contributed by atoms with E-state index < -0.39 is 0 Å². The Balaban J connectivity index is 0.000000479. The normalized spacial score (nSPS) is 18.2. The summed E-state index contributed by atoms with van der Waals surface area (Å²) in [6.07, 6.45) is 10.4. The Morgan fingerprint density at radius 3 is 1.38 bits per heavy atom. The van der Waals surface area contributed by atoms with Crippen molar-refractivity contribution in [1.82, 2.24) is 0 Å². The first-order chi connectivity index (χ1) is 18.7. The molecule has 2 radical (unpaired) electrons. The van der Waals surface area contributed by atoms with Crippen molar-refractivity contribution in [3.63, 3.8) is 0 Å². The van der Waals surface area contributed by atoms with E-state index in [0.717, 1.165) is 0 Å². The molecule has 7 rings (SSSR count). The molecule has 2 heteroatoms. The standard InChI is InChI=1S/C33H27.C4H8Si.CH3.Zr/c1-22-19-32-26(24-11-5-3-6-12-24)15-9-17-28(32)30(22)21-31-23(2)20-33-27(16-10-18-29(31)33)25-13-7-4-8-14-25;1-2-4-5-3-1;;/h3-21,30-31H,1-2H3;1-4H2;1H3;/q-1;;-1;+2. The molecule has 2 atom stereocenters. The van der Waals surface area contributed by atoms with Gasteiger partial charge in [-0.1, -0.05) is 156 Å². The van der Waals surface area contributed by atoms with Crippen molar-refractivity contribution in [2.24, 2.45) is 0 Å². The predicted octanol–water partition coefficient (Wildman–Crippen LogP) is 10.7. The van der Waals surface area contributed by atoms with Gasteiger partial charge in [0, 0.05) is 9.52 Å². The molecule has 40 heavy (non-hydrogen) atoms. The molecule has 0 saturated carbocycles. The second-order valence-corrected chi connectivity index (χ2v) is 12.2. The molecule has 3 aliphatic rings. The van der Waals surface area contributed by atoms with Crippen LogP contribution in [0.3, 0.4) is 0 Å². The number of rotatable bonds is 4. The van der Waals surface area contributed by atoms with Gasteiger partial charge in [-0.2, -0.15) is 0 Å². The van der Waals surface area contributed by atoms with Crippen LogP contribution in [-0.4, -0.2) is 9.52 Å². The Kier molecular flexibility index (Phi) is 10.6. The predicted molar refractivity (Wildman–Crippen MR) is 172 cm³/mol. The zero-order valence-corrected chi connectivity index (χ0v) is 27.4. The molecule has 4 aromatic carbocycles. The molecule has 0 nitrogen and oxygen atoms in total. The third-order valence-corrected chi connectivity index (χ3v) is 9.60. The van der Waals surface area contributed by atoms with Gasteiger partial charge in [0.25, 0.3) is 0 Å². The van der Waals surface area contributed by atoms with Crippen LogP contribution in [0.5, 0.6) is 0 Å². The Morgan fingerprint density at radius 2 is 1.00 bits per heavy atom. The van der Waals surface area contributed by atoms with E-state index in [4.69, 9.17) is 0 Å². The van der Waals surface area contributed by atoms with Gasteiger partial charge in [0.1, 0.15) is 0 Å². The van der Waals surface area contributed by atoms with Crippen LogP contribution in [-0.2, 0) is 26.2 Å². The minimum atomic E-state index is 0. The molecule has 1 fully saturated rings. The third kappa shape index (κ3) is 6.19. The van der Waals surface area contributed by atoms with Crippen molar-refractivity contribution in [3.05, 3.63) is 144 Å². The Hall–Kier alpha value is -2.54. The van der Waals surface area contributed by atoms with Crippen molar-refractivity contribution in [3.8, 4) is 22.3 Å². The second kappa shape index (κ2) is 13.9. The third-order valence-electron chi connectivity index (χ3n) is 8.19. The van der Waals surface area contributed by atoms with Crippen LogP contribution in [0.25, 0.3) is 34.4 Å². The Morgan fingerprint density at radius 1 is 0.575 bits per heavy atom. The molecule has 2 aliphatic carbocycles. The van der Waals surface area contributed by atoms with Gasteiger partial charge in [0.15, 0.2) is 0 Å². The van der Waals surface area contributed by atoms with Gasteiger partial charge in [0.2, 0.25) is 0 Å². The zero-order chi connectivity index (χ0) is 25.9. The summed E-state index contributed by atoms with van der Waals surface area (Å²) in [6, 6.07) is 38.1. The van der Waals surface area contributed by atoms with Gasteiger partial charge in [-0.25, -0.2) is 0 Å². The molecule has 1 heterocycles. The van der Waals surface area contributed by atoms with Crippen molar-refractivity contribution < 1.29 is 26.2 Å². The van der Waals surface area contributed by atoms with Crippen LogP contribution in [0.1, 0.15) is 60.8 Å². The molecule has 198 valence electrons. The minimum Gasteiger partial charge on any atom is -0.358 e. The fourth-order valence-electron chi connectivity index (χ4n) is 6.22. The summed E-state index contributed by atoms with van der Waals surface area (Å²) in [5.41, 5.74) is 13.7. The summed E-state index contributed by atoms with van der Waals surface area (Å²) in [4.78, 5) is 0. The summed E-state index contributed by atoms with van der Waals surface area (Å²) in [6.45, 7) is 4.57. The second-order valence-electron chi connectivity index (χ2n) is 10.7. The smallest absolute Gasteiger partial charge is 0.358 e. The molecular weight excluding hydrogens is 576 g/mol. The number of hydrogen-bond donors (Lipinski definition) is 0. The molecule has 0 aromatic heterocycles. The Labute approximate surface area is 263 Å². The maximum absolute atomic E-state index is 2.57. The molecule has 4 aromatic rings. The molecule has 0 bridgehead atoms. The van der Waals surface area contributed by atoms with Gasteiger partial charge < -0.3 is 13.8 Å². The van der Waals surface area contributed by atoms with Crippen LogP contribution < -0.4 is 0 Å². The van der Waals surface area contributed by atoms with Crippen LogP contribution in [0, 0.1) is 13.8 Å². The van der Waals surface area contributed by atoms with Gasteiger partial charge in [-0.15, -0.1) is 11.8 Å². The number of hydrogen-bond acceptors (Lipinski definition) is 0. The quantitative estimate of drug-likeness (QED) is 0.159. The van der Waals surface area contributed by atoms with Crippen molar-refractivity contribution in [2.75, 3.05) is 0 Å². The fraction of sp³-hybridized carbons (Fsp3) is 0.211. The van der Waals surface area contributed by atoms with E-state index >= 15 is 0 Å². The molecule has 1 saturated heterocycles. The van der Waals surface area contributed by atoms with Gasteiger partial charge in [0.05, 0.1) is 0 Å². The maximum Gasteiger partial charge on any atom is 2.00 e. The van der Waals surface area contributed by atoms with Crippen LogP contribution in [0.4, 0.5) is 0 Å². The summed E-state index contributed by atoms with van der Waals surface area (Å²) in [7, 11) is 1.31. The van der Waals surface area contributed by atoms with Crippen molar-refractivity contribution >= 4 is 21.7 Å². The first-order valence-electron chi connectivity index (χ1n) is 14.0.